The molecule has 0 radical (unpaired) electrons. The van der Waals surface area contributed by atoms with E-state index in [0.717, 1.165) is 17.1 Å². The zero-order valence-corrected chi connectivity index (χ0v) is 18.8. The average molecular weight is 509 g/mol. The van der Waals surface area contributed by atoms with Gasteiger partial charge in [-0.1, -0.05) is 0 Å². The van der Waals surface area contributed by atoms with E-state index < -0.39 is 26.9 Å². The standard InChI is InChI=1S/C22H15N5O8S/c28-21-20(24-23-15-5-11-18(12-6-15)36(33,34)35)19(13-1-9-17(10-2-13)27(31)32)25-26(21)16-7-3-14(4-8-16)22(29)30/h1-12,23H,(H,29,30)(H,33,34,35). The molecule has 182 valence electrons. The van der Waals surface area contributed by atoms with E-state index in [2.05, 4.69) is 15.6 Å². The maximum absolute atomic E-state index is 13.2. The van der Waals surface area contributed by atoms with Gasteiger partial charge in [-0.3, -0.25) is 24.9 Å². The van der Waals surface area contributed by atoms with E-state index >= 15 is 0 Å². The Hall–Kier alpha value is -4.95. The third kappa shape index (κ3) is 4.94. The third-order valence-corrected chi connectivity index (χ3v) is 5.85. The van der Waals surface area contributed by atoms with E-state index in [-0.39, 0.29) is 38.9 Å². The summed E-state index contributed by atoms with van der Waals surface area (Å²) in [6.45, 7) is 0. The predicted molar refractivity (Wildman–Crippen MR) is 128 cm³/mol. The SMILES string of the molecule is O=C(O)c1ccc(N2N=C(c3ccc([N+](=O)[O-])cc3)C(=NNc3ccc(S(=O)(=O)O)cc3)C2=O)cc1. The van der Waals surface area contributed by atoms with Crippen LogP contribution in [-0.4, -0.2) is 46.3 Å². The molecular weight excluding hydrogens is 494 g/mol. The number of non-ortho nitro benzene ring substituents is 1. The number of nitrogens with zero attached hydrogens (tertiary/aromatic N) is 4. The second-order valence-electron chi connectivity index (χ2n) is 7.29. The number of benzene rings is 3. The van der Waals surface area contributed by atoms with Gasteiger partial charge in [0.25, 0.3) is 15.8 Å². The fraction of sp³-hybridized carbons (Fsp3) is 0. The van der Waals surface area contributed by atoms with Crippen LogP contribution < -0.4 is 10.4 Å². The summed E-state index contributed by atoms with van der Waals surface area (Å²) < 4.78 is 31.5. The van der Waals surface area contributed by atoms with Crippen molar-refractivity contribution in [3.05, 3.63) is 94.0 Å². The molecule has 0 saturated heterocycles. The van der Waals surface area contributed by atoms with Crippen molar-refractivity contribution in [1.29, 1.82) is 0 Å². The van der Waals surface area contributed by atoms with Crippen LogP contribution in [0.5, 0.6) is 0 Å². The number of hydrazone groups is 2. The smallest absolute Gasteiger partial charge is 0.335 e. The number of carboxylic acid groups (broad SMARTS) is 1. The van der Waals surface area contributed by atoms with Crippen LogP contribution in [0.25, 0.3) is 0 Å². The second kappa shape index (κ2) is 9.36. The number of aromatic carboxylic acids is 1. The van der Waals surface area contributed by atoms with E-state index in [1.165, 1.54) is 60.7 Å². The number of carboxylic acids is 1. The number of carbonyl (C=O) groups is 2. The van der Waals surface area contributed by atoms with Gasteiger partial charge in [-0.2, -0.15) is 23.6 Å². The topological polar surface area (TPSA) is 192 Å². The molecule has 0 saturated carbocycles. The Morgan fingerprint density at radius 3 is 2.14 bits per heavy atom. The van der Waals surface area contributed by atoms with E-state index in [9.17, 15) is 28.1 Å². The molecule has 3 N–H and O–H groups in total. The Morgan fingerprint density at radius 2 is 1.61 bits per heavy atom. The summed E-state index contributed by atoms with van der Waals surface area (Å²) in [7, 11) is -4.39. The zero-order valence-electron chi connectivity index (χ0n) is 18.0. The molecule has 14 heteroatoms. The molecule has 1 aliphatic heterocycles. The molecule has 0 fully saturated rings. The molecule has 1 amide bonds. The quantitative estimate of drug-likeness (QED) is 0.244. The second-order valence-corrected chi connectivity index (χ2v) is 8.71. The summed E-state index contributed by atoms with van der Waals surface area (Å²) in [6.07, 6.45) is 0. The fourth-order valence-electron chi connectivity index (χ4n) is 3.17. The molecule has 1 aliphatic rings. The predicted octanol–water partition coefficient (Wildman–Crippen LogP) is 2.76. The maximum Gasteiger partial charge on any atom is 0.335 e. The minimum absolute atomic E-state index is 0.00821. The first kappa shape index (κ1) is 24.2. The van der Waals surface area contributed by atoms with E-state index in [0.29, 0.717) is 5.56 Å². The molecule has 0 spiro atoms. The van der Waals surface area contributed by atoms with E-state index in [4.69, 9.17) is 9.66 Å². The lowest BCUT2D eigenvalue weighted by Crippen LogP contribution is -2.28. The fourth-order valence-corrected chi connectivity index (χ4v) is 3.65. The third-order valence-electron chi connectivity index (χ3n) is 4.98. The minimum atomic E-state index is -4.39. The van der Waals surface area contributed by atoms with Crippen molar-refractivity contribution in [2.75, 3.05) is 10.4 Å². The van der Waals surface area contributed by atoms with Crippen LogP contribution in [0.15, 0.2) is 87.9 Å². The first-order valence-electron chi connectivity index (χ1n) is 9.97. The average Bonchev–Trinajstić information content (AvgIpc) is 3.18. The van der Waals surface area contributed by atoms with Gasteiger partial charge in [0.15, 0.2) is 5.71 Å². The number of nitro groups is 1. The molecule has 36 heavy (non-hydrogen) atoms. The first-order chi connectivity index (χ1) is 17.0. The monoisotopic (exact) mass is 509 g/mol. The highest BCUT2D eigenvalue weighted by molar-refractivity contribution is 7.85. The van der Waals surface area contributed by atoms with Crippen LogP contribution in [0.2, 0.25) is 0 Å². The van der Waals surface area contributed by atoms with Gasteiger partial charge in [-0.15, -0.1) is 0 Å². The molecule has 0 aliphatic carbocycles. The molecule has 1 heterocycles. The van der Waals surface area contributed by atoms with Crippen LogP contribution in [0.3, 0.4) is 0 Å². The van der Waals surface area contributed by atoms with Crippen molar-refractivity contribution in [2.24, 2.45) is 10.2 Å². The number of hydrogen-bond acceptors (Lipinski definition) is 9. The minimum Gasteiger partial charge on any atom is -0.478 e. The molecule has 3 aromatic rings. The highest BCUT2D eigenvalue weighted by Crippen LogP contribution is 2.24. The highest BCUT2D eigenvalue weighted by atomic mass is 32.2. The summed E-state index contributed by atoms with van der Waals surface area (Å²) in [5, 5.41) is 29.5. The van der Waals surface area contributed by atoms with Crippen molar-refractivity contribution in [2.45, 2.75) is 4.90 Å². The van der Waals surface area contributed by atoms with Crippen molar-refractivity contribution in [3.8, 4) is 0 Å². The Balaban J connectivity index is 1.71. The molecule has 0 atom stereocenters. The van der Waals surface area contributed by atoms with Crippen molar-refractivity contribution in [1.82, 2.24) is 0 Å². The lowest BCUT2D eigenvalue weighted by molar-refractivity contribution is -0.384. The zero-order chi connectivity index (χ0) is 26.0. The summed E-state index contributed by atoms with van der Waals surface area (Å²) in [6, 6.07) is 15.6. The van der Waals surface area contributed by atoms with Gasteiger partial charge in [0.1, 0.15) is 5.71 Å². The summed E-state index contributed by atoms with van der Waals surface area (Å²) >= 11 is 0. The molecular formula is C22H15N5O8S. The molecule has 3 aromatic carbocycles. The van der Waals surface area contributed by atoms with E-state index in [1.807, 2.05) is 0 Å². The van der Waals surface area contributed by atoms with Gasteiger partial charge in [-0.25, -0.2) is 4.79 Å². The molecule has 0 unspecified atom stereocenters. The number of nitro benzene ring substituents is 1. The van der Waals surface area contributed by atoms with Crippen molar-refractivity contribution < 1.29 is 32.6 Å². The Kier molecular flexibility index (Phi) is 6.29. The van der Waals surface area contributed by atoms with Gasteiger partial charge < -0.3 is 5.11 Å². The van der Waals surface area contributed by atoms with Crippen LogP contribution >= 0.6 is 0 Å². The lowest BCUT2D eigenvalue weighted by atomic mass is 10.1. The number of anilines is 2. The lowest BCUT2D eigenvalue weighted by Gasteiger charge is -2.11. The van der Waals surface area contributed by atoms with Crippen LogP contribution in [-0.2, 0) is 14.9 Å². The first-order valence-corrected chi connectivity index (χ1v) is 11.4. The van der Waals surface area contributed by atoms with Gasteiger partial charge in [0, 0.05) is 17.7 Å². The van der Waals surface area contributed by atoms with Crippen LogP contribution in [0.1, 0.15) is 15.9 Å². The van der Waals surface area contributed by atoms with E-state index in [1.54, 1.807) is 0 Å². The Labute approximate surface area is 202 Å². The van der Waals surface area contributed by atoms with Crippen LogP contribution in [0.4, 0.5) is 17.1 Å². The number of carbonyl (C=O) groups excluding carboxylic acids is 1. The van der Waals surface area contributed by atoms with Crippen LogP contribution in [0, 0.1) is 10.1 Å². The number of nitrogens with one attached hydrogen (secondary N) is 1. The number of amides is 1. The summed E-state index contributed by atoms with van der Waals surface area (Å²) in [4.78, 5) is 34.4. The van der Waals surface area contributed by atoms with Gasteiger partial charge in [-0.05, 0) is 60.7 Å². The summed E-state index contributed by atoms with van der Waals surface area (Å²) in [5.41, 5.74) is 3.27. The Bertz CT molecular complexity index is 1530. The largest absolute Gasteiger partial charge is 0.478 e. The Morgan fingerprint density at radius 1 is 1.00 bits per heavy atom. The summed E-state index contributed by atoms with van der Waals surface area (Å²) in [5.74, 6) is -1.82. The molecule has 4 rings (SSSR count). The normalized spacial score (nSPS) is 14.6. The van der Waals surface area contributed by atoms with Gasteiger partial charge >= 0.3 is 11.9 Å². The molecule has 0 bridgehead atoms. The van der Waals surface area contributed by atoms with Crippen molar-refractivity contribution >= 4 is 50.5 Å². The maximum atomic E-state index is 13.2. The number of hydrogen-bond donors (Lipinski definition) is 3. The molecule has 0 aromatic heterocycles. The molecule has 13 nitrogen and oxygen atoms in total. The number of rotatable bonds is 7. The van der Waals surface area contributed by atoms with Gasteiger partial charge in [0.2, 0.25) is 0 Å². The highest BCUT2D eigenvalue weighted by Gasteiger charge is 2.34. The van der Waals surface area contributed by atoms with Crippen molar-refractivity contribution in [3.63, 3.8) is 0 Å². The van der Waals surface area contributed by atoms with Gasteiger partial charge in [0.05, 0.1) is 26.8 Å².